The van der Waals surface area contributed by atoms with Crippen molar-refractivity contribution in [2.75, 3.05) is 26.1 Å². The monoisotopic (exact) mass is 263 g/mol. The van der Waals surface area contributed by atoms with Crippen molar-refractivity contribution in [3.63, 3.8) is 0 Å². The minimum Gasteiger partial charge on any atom is -0.495 e. The van der Waals surface area contributed by atoms with Gasteiger partial charge in [-0.25, -0.2) is 0 Å². The second-order valence-electron chi connectivity index (χ2n) is 2.84. The summed E-state index contributed by atoms with van der Waals surface area (Å²) in [6, 6.07) is 3.79. The molecule has 1 rings (SSSR count). The van der Waals surface area contributed by atoms with Crippen LogP contribution in [0.25, 0.3) is 0 Å². The van der Waals surface area contributed by atoms with E-state index >= 15 is 0 Å². The van der Waals surface area contributed by atoms with Crippen LogP contribution in [-0.4, -0.2) is 21.2 Å². The molecule has 0 saturated carbocycles. The van der Waals surface area contributed by atoms with Crippen molar-refractivity contribution in [2.45, 2.75) is 0 Å². The highest BCUT2D eigenvalue weighted by Crippen LogP contribution is 2.36. The van der Waals surface area contributed by atoms with E-state index in [1.807, 2.05) is 31.1 Å². The van der Waals surface area contributed by atoms with Crippen LogP contribution in [-0.2, 0) is 0 Å². The molecule has 0 unspecified atom stereocenters. The molecular formula is C9H11BrClNO. The number of anilines is 1. The third-order valence-electron chi connectivity index (χ3n) is 1.69. The Morgan fingerprint density at radius 1 is 1.38 bits per heavy atom. The van der Waals surface area contributed by atoms with E-state index < -0.39 is 0 Å². The van der Waals surface area contributed by atoms with Gasteiger partial charge in [0.25, 0.3) is 0 Å². The quantitative estimate of drug-likeness (QED) is 0.813. The Hall–Kier alpha value is -0.410. The maximum Gasteiger partial charge on any atom is 0.140 e. The first-order valence-electron chi connectivity index (χ1n) is 3.76. The molecule has 0 aliphatic rings. The van der Waals surface area contributed by atoms with Crippen molar-refractivity contribution in [1.29, 1.82) is 0 Å². The smallest absolute Gasteiger partial charge is 0.140 e. The number of methoxy groups -OCH3 is 1. The van der Waals surface area contributed by atoms with Crippen molar-refractivity contribution in [1.82, 2.24) is 0 Å². The first-order valence-corrected chi connectivity index (χ1v) is 4.93. The van der Waals surface area contributed by atoms with Gasteiger partial charge in [-0.05, 0) is 12.1 Å². The van der Waals surface area contributed by atoms with Gasteiger partial charge in [0, 0.05) is 18.6 Å². The minimum absolute atomic E-state index is 0.635. The Morgan fingerprint density at radius 2 is 2.00 bits per heavy atom. The highest BCUT2D eigenvalue weighted by molar-refractivity contribution is 9.10. The molecule has 0 aliphatic heterocycles. The fourth-order valence-corrected chi connectivity index (χ4v) is 1.80. The largest absolute Gasteiger partial charge is 0.495 e. The van der Waals surface area contributed by atoms with Crippen LogP contribution in [0.1, 0.15) is 0 Å². The van der Waals surface area contributed by atoms with E-state index in [4.69, 9.17) is 16.3 Å². The third kappa shape index (κ3) is 2.29. The van der Waals surface area contributed by atoms with E-state index in [1.165, 1.54) is 0 Å². The first-order chi connectivity index (χ1) is 6.06. The van der Waals surface area contributed by atoms with Crippen LogP contribution >= 0.6 is 27.5 Å². The van der Waals surface area contributed by atoms with Gasteiger partial charge < -0.3 is 9.64 Å². The molecule has 0 amide bonds. The fraction of sp³-hybridized carbons (Fsp3) is 0.333. The summed E-state index contributed by atoms with van der Waals surface area (Å²) in [4.78, 5) is 1.94. The Bertz CT molecular complexity index is 315. The van der Waals surface area contributed by atoms with Crippen molar-refractivity contribution < 1.29 is 4.74 Å². The molecule has 0 N–H and O–H groups in total. The zero-order chi connectivity index (χ0) is 10.0. The first kappa shape index (κ1) is 10.7. The Morgan fingerprint density at radius 3 is 2.46 bits per heavy atom. The molecule has 0 atom stereocenters. The number of hydrogen-bond donors (Lipinski definition) is 0. The average Bonchev–Trinajstić information content (AvgIpc) is 2.08. The molecule has 0 aliphatic carbocycles. The molecule has 0 aromatic heterocycles. The molecule has 0 saturated heterocycles. The van der Waals surface area contributed by atoms with Crippen LogP contribution in [0.2, 0.25) is 5.02 Å². The standard InChI is InChI=1S/C9H11BrClNO/c1-12(2)7-4-6(10)5-8(13-3)9(7)11/h4-5H,1-3H3. The van der Waals surface area contributed by atoms with Gasteiger partial charge in [0.05, 0.1) is 12.8 Å². The van der Waals surface area contributed by atoms with E-state index in [1.54, 1.807) is 7.11 Å². The summed E-state index contributed by atoms with van der Waals surface area (Å²) in [5.74, 6) is 0.680. The zero-order valence-corrected chi connectivity index (χ0v) is 10.1. The number of ether oxygens (including phenoxy) is 1. The van der Waals surface area contributed by atoms with E-state index in [-0.39, 0.29) is 0 Å². The number of hydrogen-bond acceptors (Lipinski definition) is 2. The van der Waals surface area contributed by atoms with Crippen molar-refractivity contribution in [3.05, 3.63) is 21.6 Å². The molecule has 4 heteroatoms. The van der Waals surface area contributed by atoms with Crippen LogP contribution in [0.5, 0.6) is 5.75 Å². The van der Waals surface area contributed by atoms with E-state index in [0.29, 0.717) is 10.8 Å². The minimum atomic E-state index is 0.635. The van der Waals surface area contributed by atoms with E-state index in [9.17, 15) is 0 Å². The topological polar surface area (TPSA) is 12.5 Å². The lowest BCUT2D eigenvalue weighted by molar-refractivity contribution is 0.415. The summed E-state index contributed by atoms with van der Waals surface area (Å²) < 4.78 is 6.08. The summed E-state index contributed by atoms with van der Waals surface area (Å²) in [6.07, 6.45) is 0. The van der Waals surface area contributed by atoms with Crippen LogP contribution in [0.3, 0.4) is 0 Å². The lowest BCUT2D eigenvalue weighted by Crippen LogP contribution is -2.09. The highest BCUT2D eigenvalue weighted by Gasteiger charge is 2.09. The summed E-state index contributed by atoms with van der Waals surface area (Å²) in [5, 5.41) is 0.635. The average molecular weight is 265 g/mol. The molecule has 0 heterocycles. The summed E-state index contributed by atoms with van der Waals surface area (Å²) in [7, 11) is 5.48. The van der Waals surface area contributed by atoms with Crippen LogP contribution in [0.15, 0.2) is 16.6 Å². The second kappa shape index (κ2) is 4.20. The molecule has 0 spiro atoms. The molecule has 13 heavy (non-hydrogen) atoms. The molecule has 1 aromatic carbocycles. The Labute approximate surface area is 91.6 Å². The van der Waals surface area contributed by atoms with E-state index in [2.05, 4.69) is 15.9 Å². The summed E-state index contributed by atoms with van der Waals surface area (Å²) >= 11 is 9.48. The molecule has 72 valence electrons. The maximum atomic E-state index is 6.09. The SMILES string of the molecule is COc1cc(Br)cc(N(C)C)c1Cl. The second-order valence-corrected chi connectivity index (χ2v) is 4.13. The number of halogens is 2. The van der Waals surface area contributed by atoms with E-state index in [0.717, 1.165) is 10.2 Å². The molecular weight excluding hydrogens is 253 g/mol. The number of nitrogens with zero attached hydrogens (tertiary/aromatic N) is 1. The van der Waals surface area contributed by atoms with Gasteiger partial charge in [-0.15, -0.1) is 0 Å². The molecule has 0 radical (unpaired) electrons. The lowest BCUT2D eigenvalue weighted by atomic mass is 10.3. The molecule has 2 nitrogen and oxygen atoms in total. The predicted molar refractivity (Wildman–Crippen MR) is 60.0 cm³/mol. The predicted octanol–water partition coefficient (Wildman–Crippen LogP) is 3.18. The fourth-order valence-electron chi connectivity index (χ4n) is 1.02. The van der Waals surface area contributed by atoms with Gasteiger partial charge in [-0.1, -0.05) is 27.5 Å². The summed E-state index contributed by atoms with van der Waals surface area (Å²) in [5.41, 5.74) is 0.938. The summed E-state index contributed by atoms with van der Waals surface area (Å²) in [6.45, 7) is 0. The Kier molecular flexibility index (Phi) is 3.45. The Balaban J connectivity index is 3.27. The van der Waals surface area contributed by atoms with Crippen LogP contribution < -0.4 is 9.64 Å². The van der Waals surface area contributed by atoms with Crippen molar-refractivity contribution in [2.24, 2.45) is 0 Å². The lowest BCUT2D eigenvalue weighted by Gasteiger charge is -2.16. The van der Waals surface area contributed by atoms with Crippen LogP contribution in [0, 0.1) is 0 Å². The van der Waals surface area contributed by atoms with Gasteiger partial charge in [0.2, 0.25) is 0 Å². The zero-order valence-electron chi connectivity index (χ0n) is 7.77. The highest BCUT2D eigenvalue weighted by atomic mass is 79.9. The van der Waals surface area contributed by atoms with Gasteiger partial charge in [0.1, 0.15) is 10.8 Å². The van der Waals surface area contributed by atoms with Gasteiger partial charge in [0.15, 0.2) is 0 Å². The molecule has 0 bridgehead atoms. The van der Waals surface area contributed by atoms with Gasteiger partial charge in [-0.2, -0.15) is 0 Å². The number of benzene rings is 1. The van der Waals surface area contributed by atoms with Crippen LogP contribution in [0.4, 0.5) is 5.69 Å². The molecule has 1 aromatic rings. The molecule has 0 fully saturated rings. The third-order valence-corrected chi connectivity index (χ3v) is 2.52. The van der Waals surface area contributed by atoms with Gasteiger partial charge >= 0.3 is 0 Å². The van der Waals surface area contributed by atoms with Gasteiger partial charge in [-0.3, -0.25) is 0 Å². The van der Waals surface area contributed by atoms with Crippen molar-refractivity contribution >= 4 is 33.2 Å². The van der Waals surface area contributed by atoms with Crippen molar-refractivity contribution in [3.8, 4) is 5.75 Å². The number of rotatable bonds is 2. The normalized spacial score (nSPS) is 9.92. The maximum absolute atomic E-state index is 6.09.